The van der Waals surface area contributed by atoms with Gasteiger partial charge in [-0.25, -0.2) is 4.79 Å². The SMILES string of the molecule is CCCCC(CC)COC(=O)CC(SOO[O-])C(=O)OCC(CC)CCCC.CCCC[N+](C)(C)Cc1ccccc1.C[N+]1(C)CCC(OC(=O)C(O)(c2ccccc2)c2ccccc2)CC1. The molecule has 1 saturated heterocycles. The van der Waals surface area contributed by atoms with Crippen LogP contribution in [0.5, 0.6) is 0 Å². The number of unbranched alkanes of at least 4 members (excludes halogenated alkanes) is 3. The minimum atomic E-state index is -1.79. The first-order valence-corrected chi connectivity index (χ1v) is 25.5. The van der Waals surface area contributed by atoms with Gasteiger partial charge in [0, 0.05) is 30.4 Å². The van der Waals surface area contributed by atoms with E-state index < -0.39 is 28.8 Å². The predicted molar refractivity (Wildman–Crippen MR) is 266 cm³/mol. The summed E-state index contributed by atoms with van der Waals surface area (Å²) in [6.45, 7) is 15.6. The highest BCUT2D eigenvalue weighted by Gasteiger charge is 2.43. The van der Waals surface area contributed by atoms with Crippen LogP contribution in [0.4, 0.5) is 0 Å². The number of benzene rings is 3. The summed E-state index contributed by atoms with van der Waals surface area (Å²) >= 11 is 0.479. The van der Waals surface area contributed by atoms with E-state index in [0.29, 0.717) is 35.7 Å². The summed E-state index contributed by atoms with van der Waals surface area (Å²) in [7, 11) is 8.98. The van der Waals surface area contributed by atoms with Gasteiger partial charge >= 0.3 is 17.9 Å². The molecule has 0 spiro atoms. The molecule has 3 aromatic carbocycles. The van der Waals surface area contributed by atoms with Gasteiger partial charge in [-0.3, -0.25) is 14.6 Å². The molecule has 3 atom stereocenters. The normalized spacial score (nSPS) is 15.1. The number of rotatable bonds is 27. The van der Waals surface area contributed by atoms with Gasteiger partial charge in [0.05, 0.1) is 67.5 Å². The van der Waals surface area contributed by atoms with Crippen LogP contribution in [-0.4, -0.2) is 104 Å². The van der Waals surface area contributed by atoms with Crippen molar-refractivity contribution in [3.63, 3.8) is 0 Å². The fraction of sp³-hybridized carbons (Fsp3) is 0.611. The number of likely N-dealkylation sites (tertiary alicyclic amines) is 1. The Bertz CT molecular complexity index is 1720. The van der Waals surface area contributed by atoms with Crippen LogP contribution in [0.25, 0.3) is 0 Å². The molecule has 1 heterocycles. The number of carbonyl (C=O) groups excluding carboxylic acids is 3. The molecule has 0 radical (unpaired) electrons. The Morgan fingerprint density at radius 2 is 1.22 bits per heavy atom. The number of aliphatic hydroxyl groups is 1. The lowest BCUT2D eigenvalue weighted by molar-refractivity contribution is -0.903. The monoisotopic (exact) mass is 954 g/mol. The minimum absolute atomic E-state index is 0.141. The smallest absolute Gasteiger partial charge is 0.347 e. The molecule has 0 saturated carbocycles. The van der Waals surface area contributed by atoms with Gasteiger partial charge in [-0.05, 0) is 42.2 Å². The van der Waals surface area contributed by atoms with Crippen molar-refractivity contribution < 1.29 is 57.3 Å². The number of esters is 3. The quantitative estimate of drug-likeness (QED) is 0.0195. The van der Waals surface area contributed by atoms with Crippen LogP contribution in [0.2, 0.25) is 0 Å². The Balaban J connectivity index is 0.000000363. The topological polar surface area (TPSA) is 141 Å². The van der Waals surface area contributed by atoms with Gasteiger partial charge in [0.2, 0.25) is 5.60 Å². The van der Waals surface area contributed by atoms with Crippen LogP contribution < -0.4 is 5.26 Å². The maximum atomic E-state index is 13.0. The summed E-state index contributed by atoms with van der Waals surface area (Å²) in [5.41, 5.74) is 0.703. The number of ether oxygens (including phenoxy) is 3. The third-order valence-electron chi connectivity index (χ3n) is 12.5. The van der Waals surface area contributed by atoms with Gasteiger partial charge in [0.15, 0.2) is 0 Å². The zero-order valence-corrected chi connectivity index (χ0v) is 43.1. The van der Waals surface area contributed by atoms with Gasteiger partial charge in [0.25, 0.3) is 0 Å². The van der Waals surface area contributed by atoms with Crippen molar-refractivity contribution in [3.8, 4) is 0 Å². The summed E-state index contributed by atoms with van der Waals surface area (Å²) in [6.07, 6.45) is 12.0. The number of quaternary nitrogens is 2. The fourth-order valence-electron chi connectivity index (χ4n) is 7.83. The molecule has 4 rings (SSSR count). The number of nitrogens with zero attached hydrogens (tertiary/aromatic N) is 2. The van der Waals surface area contributed by atoms with E-state index in [1.54, 1.807) is 24.3 Å². The van der Waals surface area contributed by atoms with E-state index in [0.717, 1.165) is 92.8 Å². The number of hydrogen-bond acceptors (Lipinski definition) is 11. The molecule has 13 heteroatoms. The number of piperidine rings is 1. The third-order valence-corrected chi connectivity index (χ3v) is 13.2. The predicted octanol–water partition coefficient (Wildman–Crippen LogP) is 9.90. The molecule has 0 aliphatic carbocycles. The first-order chi connectivity index (χ1) is 32.1. The van der Waals surface area contributed by atoms with Crippen LogP contribution in [0.3, 0.4) is 0 Å². The Morgan fingerprint density at radius 1 is 0.746 bits per heavy atom. The van der Waals surface area contributed by atoms with Gasteiger partial charge in [0.1, 0.15) is 17.9 Å². The molecular formula is C54H85N2O10S+. The lowest BCUT2D eigenvalue weighted by atomic mass is 9.86. The molecule has 3 aromatic rings. The van der Waals surface area contributed by atoms with Gasteiger partial charge in [-0.15, -0.1) is 0 Å². The van der Waals surface area contributed by atoms with E-state index in [9.17, 15) is 24.7 Å². The molecule has 1 aliphatic heterocycles. The van der Waals surface area contributed by atoms with Crippen LogP contribution in [-0.2, 0) is 50.1 Å². The van der Waals surface area contributed by atoms with Crippen molar-refractivity contribution in [2.24, 2.45) is 11.8 Å². The second-order valence-electron chi connectivity index (χ2n) is 19.2. The Kier molecular flexibility index (Phi) is 29.1. The van der Waals surface area contributed by atoms with Crippen LogP contribution in [0.1, 0.15) is 135 Å². The lowest BCUT2D eigenvalue weighted by Gasteiger charge is -2.38. The minimum Gasteiger partial charge on any atom is -0.691 e. The van der Waals surface area contributed by atoms with E-state index in [1.807, 2.05) is 36.4 Å². The van der Waals surface area contributed by atoms with Crippen molar-refractivity contribution in [2.75, 3.05) is 61.0 Å². The van der Waals surface area contributed by atoms with E-state index in [2.05, 4.69) is 103 Å². The number of hydrogen-bond donors (Lipinski definition) is 1. The molecule has 67 heavy (non-hydrogen) atoms. The molecule has 1 aliphatic rings. The Labute approximate surface area is 407 Å². The first kappa shape index (κ1) is 59.3. The maximum Gasteiger partial charge on any atom is 0.347 e. The zero-order chi connectivity index (χ0) is 49.6. The standard InChI is InChI=1S/C21H26NO3.C20H38O7S.C13H22N/c1-22(2)15-13-19(14-16-22)25-20(23)21(24,17-9-5-3-6-10-17)18-11-7-4-8-12-18;1-5-9-11-16(7-3)14-24-19(21)13-18(28-27-26-23)20(22)25-15-17(8-4)12-10-6-2;1-4-5-11-14(2,3)12-13-9-7-6-8-10-13/h3-12,19,24H,13-16H2,1-2H3;16-18,23H,5-15H2,1-4H3;6-10H,4-5,11-12H2,1-3H3/q+1;;+1/p-1. The average molecular weight is 954 g/mol. The largest absolute Gasteiger partial charge is 0.691 e. The van der Waals surface area contributed by atoms with E-state index in [-0.39, 0.29) is 25.0 Å². The van der Waals surface area contributed by atoms with Crippen molar-refractivity contribution in [1.82, 2.24) is 0 Å². The molecule has 0 aromatic heterocycles. The fourth-order valence-corrected chi connectivity index (χ4v) is 8.31. The first-order valence-electron chi connectivity index (χ1n) is 24.7. The van der Waals surface area contributed by atoms with Gasteiger partial charge in [-0.2, -0.15) is 4.33 Å². The second-order valence-corrected chi connectivity index (χ2v) is 20.1. The van der Waals surface area contributed by atoms with Crippen LogP contribution >= 0.6 is 12.0 Å². The second kappa shape index (κ2) is 32.8. The molecule has 1 N–H and O–H groups in total. The van der Waals surface area contributed by atoms with Crippen molar-refractivity contribution >= 4 is 30.0 Å². The van der Waals surface area contributed by atoms with Gasteiger partial charge in [-0.1, -0.05) is 171 Å². The molecule has 1 fully saturated rings. The maximum absolute atomic E-state index is 13.0. The Hall–Kier alpha value is -3.82. The Morgan fingerprint density at radius 3 is 1.69 bits per heavy atom. The van der Waals surface area contributed by atoms with E-state index >= 15 is 0 Å². The molecule has 12 nitrogen and oxygen atoms in total. The number of carbonyl (C=O) groups is 3. The van der Waals surface area contributed by atoms with E-state index in [1.165, 1.54) is 24.9 Å². The highest BCUT2D eigenvalue weighted by molar-refractivity contribution is 7.95. The molecule has 0 bridgehead atoms. The van der Waals surface area contributed by atoms with Crippen molar-refractivity contribution in [2.45, 2.75) is 142 Å². The highest BCUT2D eigenvalue weighted by Crippen LogP contribution is 2.33. The summed E-state index contributed by atoms with van der Waals surface area (Å²) in [5, 5.41) is 23.8. The molecule has 0 amide bonds. The summed E-state index contributed by atoms with van der Waals surface area (Å²) in [5.74, 6) is -1.12. The summed E-state index contributed by atoms with van der Waals surface area (Å²) < 4.78 is 22.7. The molecule has 3 unspecified atom stereocenters. The summed E-state index contributed by atoms with van der Waals surface area (Å²) in [4.78, 5) is 37.5. The third kappa shape index (κ3) is 23.4. The van der Waals surface area contributed by atoms with Crippen LogP contribution in [0, 0.1) is 11.8 Å². The lowest BCUT2D eigenvalue weighted by Crippen LogP contribution is -2.49. The van der Waals surface area contributed by atoms with E-state index in [4.69, 9.17) is 14.2 Å². The van der Waals surface area contributed by atoms with Crippen molar-refractivity contribution in [1.29, 1.82) is 0 Å². The zero-order valence-electron chi connectivity index (χ0n) is 42.3. The molecule has 376 valence electrons. The van der Waals surface area contributed by atoms with Gasteiger partial charge < -0.3 is 33.5 Å². The summed E-state index contributed by atoms with van der Waals surface area (Å²) in [6, 6.07) is 28.8. The van der Waals surface area contributed by atoms with Crippen LogP contribution in [0.15, 0.2) is 91.0 Å². The molecular weight excluding hydrogens is 869 g/mol. The average Bonchev–Trinajstić information content (AvgIpc) is 3.33. The van der Waals surface area contributed by atoms with Crippen molar-refractivity contribution in [3.05, 3.63) is 108 Å². The highest BCUT2D eigenvalue weighted by atomic mass is 32.2.